The summed E-state index contributed by atoms with van der Waals surface area (Å²) >= 11 is 1.97. The number of hydrogen-bond acceptors (Lipinski definition) is 3. The maximum atomic E-state index is 10.6. The molecule has 2 heterocycles. The zero-order valence-corrected chi connectivity index (χ0v) is 8.07. The van der Waals surface area contributed by atoms with E-state index in [-0.39, 0.29) is 0 Å². The molecule has 0 spiro atoms. The minimum absolute atomic E-state index is 0.436. The Morgan fingerprint density at radius 1 is 1.50 bits per heavy atom. The van der Waals surface area contributed by atoms with Gasteiger partial charge in [0.15, 0.2) is 10.1 Å². The topological polar surface area (TPSA) is 58.6 Å². The SMILES string of the molecule is O=Cc1nc(I)nc2[nH]ccc12. The van der Waals surface area contributed by atoms with E-state index in [1.165, 1.54) is 0 Å². The van der Waals surface area contributed by atoms with Gasteiger partial charge in [0.1, 0.15) is 11.3 Å². The summed E-state index contributed by atoms with van der Waals surface area (Å²) in [5.41, 5.74) is 1.14. The number of fused-ring (bicyclic) bond motifs is 1. The van der Waals surface area contributed by atoms with Crippen molar-refractivity contribution in [3.8, 4) is 0 Å². The maximum Gasteiger partial charge on any atom is 0.193 e. The molecular weight excluding hydrogens is 269 g/mol. The number of nitrogens with zero attached hydrogens (tertiary/aromatic N) is 2. The third-order valence-corrected chi connectivity index (χ3v) is 2.01. The molecule has 0 aliphatic heterocycles. The second kappa shape index (κ2) is 2.81. The fourth-order valence-corrected chi connectivity index (χ4v) is 1.53. The van der Waals surface area contributed by atoms with Crippen LogP contribution in [0.15, 0.2) is 12.3 Å². The highest BCUT2D eigenvalue weighted by Gasteiger charge is 2.04. The highest BCUT2D eigenvalue weighted by molar-refractivity contribution is 14.1. The van der Waals surface area contributed by atoms with Crippen molar-refractivity contribution < 1.29 is 4.79 Å². The van der Waals surface area contributed by atoms with Gasteiger partial charge in [-0.2, -0.15) is 0 Å². The Morgan fingerprint density at radius 3 is 3.08 bits per heavy atom. The zero-order chi connectivity index (χ0) is 8.55. The molecule has 0 radical (unpaired) electrons. The molecule has 2 aromatic heterocycles. The average molecular weight is 273 g/mol. The summed E-state index contributed by atoms with van der Waals surface area (Å²) in [7, 11) is 0. The minimum atomic E-state index is 0.436. The van der Waals surface area contributed by atoms with Crippen molar-refractivity contribution in [2.45, 2.75) is 0 Å². The van der Waals surface area contributed by atoms with Gasteiger partial charge >= 0.3 is 0 Å². The highest BCUT2D eigenvalue weighted by Crippen LogP contribution is 2.13. The Bertz CT molecular complexity index is 437. The Balaban J connectivity index is 2.88. The van der Waals surface area contributed by atoms with Gasteiger partial charge in [-0.05, 0) is 6.07 Å². The number of carbonyl (C=O) groups excluding carboxylic acids is 1. The van der Waals surface area contributed by atoms with Crippen molar-refractivity contribution in [2.75, 3.05) is 0 Å². The molecule has 2 rings (SSSR count). The van der Waals surface area contributed by atoms with Crippen LogP contribution in [0.4, 0.5) is 0 Å². The van der Waals surface area contributed by atoms with E-state index in [0.717, 1.165) is 11.7 Å². The second-order valence-corrected chi connectivity index (χ2v) is 3.20. The number of halogens is 1. The predicted molar refractivity (Wildman–Crippen MR) is 52.0 cm³/mol. The fraction of sp³-hybridized carbons (Fsp3) is 0. The van der Waals surface area contributed by atoms with E-state index in [1.54, 1.807) is 12.3 Å². The fourth-order valence-electron chi connectivity index (χ4n) is 1.03. The Morgan fingerprint density at radius 2 is 2.33 bits per heavy atom. The Labute approximate surface area is 81.5 Å². The standard InChI is InChI=1S/C7H4IN3O/c8-7-10-5(3-12)4-1-2-9-6(4)11-7/h1-3H,(H,9,10,11). The van der Waals surface area contributed by atoms with Crippen LogP contribution in [0.5, 0.6) is 0 Å². The number of rotatable bonds is 1. The van der Waals surface area contributed by atoms with Gasteiger partial charge in [0.2, 0.25) is 0 Å². The molecule has 0 aliphatic rings. The number of carbonyl (C=O) groups is 1. The molecule has 2 aromatic rings. The van der Waals surface area contributed by atoms with Gasteiger partial charge in [0.25, 0.3) is 0 Å². The number of aromatic nitrogens is 3. The quantitative estimate of drug-likeness (QED) is 0.485. The van der Waals surface area contributed by atoms with E-state index < -0.39 is 0 Å². The van der Waals surface area contributed by atoms with Crippen LogP contribution in [-0.4, -0.2) is 21.2 Å². The molecule has 0 bridgehead atoms. The first-order chi connectivity index (χ1) is 5.81. The lowest BCUT2D eigenvalue weighted by atomic mass is 10.3. The van der Waals surface area contributed by atoms with Crippen LogP contribution in [0.25, 0.3) is 11.0 Å². The van der Waals surface area contributed by atoms with Crippen molar-refractivity contribution in [3.63, 3.8) is 0 Å². The summed E-state index contributed by atoms with van der Waals surface area (Å²) in [5.74, 6) is 0. The van der Waals surface area contributed by atoms with Gasteiger partial charge in [0.05, 0.1) is 0 Å². The molecule has 0 unspecified atom stereocenters. The molecule has 0 amide bonds. The zero-order valence-electron chi connectivity index (χ0n) is 5.91. The van der Waals surface area contributed by atoms with Crippen molar-refractivity contribution in [1.29, 1.82) is 0 Å². The van der Waals surface area contributed by atoms with Gasteiger partial charge in [-0.15, -0.1) is 0 Å². The van der Waals surface area contributed by atoms with Crippen molar-refractivity contribution >= 4 is 39.9 Å². The average Bonchev–Trinajstić information content (AvgIpc) is 2.50. The van der Waals surface area contributed by atoms with Crippen LogP contribution >= 0.6 is 22.6 Å². The molecule has 60 valence electrons. The van der Waals surface area contributed by atoms with Gasteiger partial charge < -0.3 is 4.98 Å². The molecule has 12 heavy (non-hydrogen) atoms. The Hall–Kier alpha value is -0.980. The Kier molecular flexibility index (Phi) is 1.80. The van der Waals surface area contributed by atoms with Crippen LogP contribution in [0, 0.1) is 3.83 Å². The summed E-state index contributed by atoms with van der Waals surface area (Å²) < 4.78 is 0.574. The first-order valence-corrected chi connectivity index (χ1v) is 4.35. The van der Waals surface area contributed by atoms with Crippen molar-refractivity contribution in [2.24, 2.45) is 0 Å². The van der Waals surface area contributed by atoms with Crippen LogP contribution in [-0.2, 0) is 0 Å². The van der Waals surface area contributed by atoms with E-state index in [0.29, 0.717) is 15.2 Å². The predicted octanol–water partition coefficient (Wildman–Crippen LogP) is 1.38. The normalized spacial score (nSPS) is 10.4. The summed E-state index contributed by atoms with van der Waals surface area (Å²) in [6.45, 7) is 0. The van der Waals surface area contributed by atoms with E-state index in [4.69, 9.17) is 0 Å². The largest absolute Gasteiger partial charge is 0.346 e. The van der Waals surface area contributed by atoms with Gasteiger partial charge in [-0.3, -0.25) is 4.79 Å². The monoisotopic (exact) mass is 273 g/mol. The first-order valence-electron chi connectivity index (χ1n) is 3.27. The molecule has 0 fully saturated rings. The molecule has 0 aromatic carbocycles. The maximum absolute atomic E-state index is 10.6. The molecule has 1 N–H and O–H groups in total. The number of aromatic amines is 1. The van der Waals surface area contributed by atoms with Crippen LogP contribution in [0.1, 0.15) is 10.5 Å². The first kappa shape index (κ1) is 7.66. The number of hydrogen-bond donors (Lipinski definition) is 1. The second-order valence-electron chi connectivity index (χ2n) is 2.24. The summed E-state index contributed by atoms with van der Waals surface area (Å²) in [6, 6.07) is 1.79. The van der Waals surface area contributed by atoms with Gasteiger partial charge in [-0.1, -0.05) is 0 Å². The minimum Gasteiger partial charge on any atom is -0.346 e. The van der Waals surface area contributed by atoms with Crippen molar-refractivity contribution in [3.05, 3.63) is 21.8 Å². The lowest BCUT2D eigenvalue weighted by Gasteiger charge is -1.93. The molecule has 0 saturated carbocycles. The van der Waals surface area contributed by atoms with Crippen LogP contribution in [0.2, 0.25) is 0 Å². The summed E-state index contributed by atoms with van der Waals surface area (Å²) in [5, 5.41) is 0.769. The van der Waals surface area contributed by atoms with Gasteiger partial charge in [0, 0.05) is 34.2 Å². The summed E-state index contributed by atoms with van der Waals surface area (Å²) in [6.07, 6.45) is 2.47. The van der Waals surface area contributed by atoms with E-state index in [1.807, 2.05) is 22.6 Å². The van der Waals surface area contributed by atoms with Crippen molar-refractivity contribution in [1.82, 2.24) is 15.0 Å². The van der Waals surface area contributed by atoms with E-state index in [2.05, 4.69) is 15.0 Å². The molecule has 5 heteroatoms. The number of H-pyrrole nitrogens is 1. The lowest BCUT2D eigenvalue weighted by molar-refractivity contribution is 0.112. The lowest BCUT2D eigenvalue weighted by Crippen LogP contribution is -1.94. The molecule has 0 atom stereocenters. The van der Waals surface area contributed by atoms with Crippen LogP contribution in [0.3, 0.4) is 0 Å². The third kappa shape index (κ3) is 1.09. The van der Waals surface area contributed by atoms with Crippen LogP contribution < -0.4 is 0 Å². The third-order valence-electron chi connectivity index (χ3n) is 1.53. The summed E-state index contributed by atoms with van der Waals surface area (Å²) in [4.78, 5) is 21.6. The highest BCUT2D eigenvalue weighted by atomic mass is 127. The van der Waals surface area contributed by atoms with E-state index in [9.17, 15) is 4.79 Å². The van der Waals surface area contributed by atoms with E-state index >= 15 is 0 Å². The smallest absolute Gasteiger partial charge is 0.193 e. The molecular formula is C7H4IN3O. The molecule has 4 nitrogen and oxygen atoms in total. The number of nitrogens with one attached hydrogen (secondary N) is 1. The molecule has 0 saturated heterocycles. The molecule has 0 aliphatic carbocycles. The number of aldehydes is 1. The van der Waals surface area contributed by atoms with Gasteiger partial charge in [-0.25, -0.2) is 9.97 Å².